The van der Waals surface area contributed by atoms with Crippen molar-refractivity contribution < 1.29 is 8.42 Å². The van der Waals surface area contributed by atoms with Gasteiger partial charge in [-0.2, -0.15) is 4.31 Å². The topological polar surface area (TPSA) is 53.0 Å². The number of piperazine rings is 1. The van der Waals surface area contributed by atoms with Crippen molar-refractivity contribution in [1.29, 1.82) is 0 Å². The maximum atomic E-state index is 12.5. The molecule has 0 unspecified atom stereocenters. The number of aliphatic imine (C=N–C) groups is 1. The molecular weight excluding hydrogens is 417 g/mol. The van der Waals surface area contributed by atoms with Gasteiger partial charge in [0, 0.05) is 55.6 Å². The van der Waals surface area contributed by atoms with Crippen LogP contribution in [0.3, 0.4) is 0 Å². The zero-order valence-corrected chi connectivity index (χ0v) is 18.2. The number of benzene rings is 1. The molecule has 1 aliphatic rings. The van der Waals surface area contributed by atoms with Crippen LogP contribution in [-0.4, -0.2) is 52.2 Å². The lowest BCUT2D eigenvalue weighted by Gasteiger charge is -2.34. The number of halogens is 2. The summed E-state index contributed by atoms with van der Waals surface area (Å²) in [4.78, 5) is 5.98. The Balaban J connectivity index is 1.83. The molecule has 0 N–H and O–H groups in total. The van der Waals surface area contributed by atoms with E-state index in [1.807, 2.05) is 24.3 Å². The van der Waals surface area contributed by atoms with Gasteiger partial charge in [-0.05, 0) is 43.2 Å². The number of nitrogens with zero attached hydrogens (tertiary/aromatic N) is 3. The molecule has 8 heteroatoms. The van der Waals surface area contributed by atoms with Crippen LogP contribution < -0.4 is 4.90 Å². The molecule has 0 aromatic heterocycles. The summed E-state index contributed by atoms with van der Waals surface area (Å²) in [7, 11) is -1.77. The van der Waals surface area contributed by atoms with Crippen molar-refractivity contribution in [2.75, 3.05) is 38.1 Å². The van der Waals surface area contributed by atoms with E-state index in [1.54, 1.807) is 19.2 Å². The zero-order chi connectivity index (χ0) is 20.6. The van der Waals surface area contributed by atoms with Crippen molar-refractivity contribution in [3.05, 3.63) is 64.0 Å². The number of sulfonamides is 1. The largest absolute Gasteiger partial charge is 0.369 e. The average molecular weight is 442 g/mol. The van der Waals surface area contributed by atoms with Crippen LogP contribution in [0.5, 0.6) is 0 Å². The highest BCUT2D eigenvalue weighted by Gasteiger charge is 2.24. The fourth-order valence-electron chi connectivity index (χ4n) is 2.82. The normalized spacial score (nSPS) is 17.0. The summed E-state index contributed by atoms with van der Waals surface area (Å²) in [6.45, 7) is 6.12. The van der Waals surface area contributed by atoms with Crippen LogP contribution in [0.15, 0.2) is 64.0 Å². The maximum absolute atomic E-state index is 12.5. The van der Waals surface area contributed by atoms with E-state index in [4.69, 9.17) is 23.2 Å². The summed E-state index contributed by atoms with van der Waals surface area (Å²) < 4.78 is 26.5. The number of hydrogen-bond donors (Lipinski definition) is 0. The average Bonchev–Trinajstić information content (AvgIpc) is 2.66. The van der Waals surface area contributed by atoms with Gasteiger partial charge in [-0.25, -0.2) is 8.42 Å². The van der Waals surface area contributed by atoms with Gasteiger partial charge in [-0.15, -0.1) is 0 Å². The smallest absolute Gasteiger partial charge is 0.236 e. The van der Waals surface area contributed by atoms with Gasteiger partial charge in [0.15, 0.2) is 0 Å². The minimum absolute atomic E-state index is 0.455. The summed E-state index contributed by atoms with van der Waals surface area (Å²) >= 11 is 11.9. The fraction of sp³-hybridized carbons (Fsp3) is 0.350. The van der Waals surface area contributed by atoms with E-state index >= 15 is 0 Å². The fourth-order valence-corrected chi connectivity index (χ4v) is 4.43. The predicted molar refractivity (Wildman–Crippen MR) is 120 cm³/mol. The molecule has 2 rings (SSSR count). The molecule has 5 nitrogen and oxygen atoms in total. The van der Waals surface area contributed by atoms with Gasteiger partial charge in [0.1, 0.15) is 0 Å². The first-order valence-electron chi connectivity index (χ1n) is 8.96. The Hall–Kier alpha value is -1.60. The van der Waals surface area contributed by atoms with Crippen LogP contribution in [0, 0.1) is 0 Å². The monoisotopic (exact) mass is 441 g/mol. The van der Waals surface area contributed by atoms with Gasteiger partial charge in [0.05, 0.1) is 5.03 Å². The lowest BCUT2D eigenvalue weighted by atomic mass is 10.1. The highest BCUT2D eigenvalue weighted by atomic mass is 35.5. The molecule has 1 aromatic rings. The third-order valence-electron chi connectivity index (χ3n) is 4.29. The number of anilines is 1. The highest BCUT2D eigenvalue weighted by Crippen LogP contribution is 2.20. The molecule has 1 aromatic carbocycles. The Bertz CT molecular complexity index is 854. The molecule has 0 amide bonds. The molecule has 1 heterocycles. The Labute approximate surface area is 177 Å². The number of allylic oxidation sites excluding steroid dienone is 4. The van der Waals surface area contributed by atoms with Crippen LogP contribution in [0.2, 0.25) is 5.02 Å². The molecule has 1 saturated heterocycles. The van der Waals surface area contributed by atoms with Crippen molar-refractivity contribution >= 4 is 45.1 Å². The summed E-state index contributed by atoms with van der Waals surface area (Å²) in [5, 5.41) is 2.48. The van der Waals surface area contributed by atoms with E-state index in [-0.39, 0.29) is 0 Å². The molecule has 1 fully saturated rings. The third-order valence-corrected chi connectivity index (χ3v) is 6.37. The predicted octanol–water partition coefficient (Wildman–Crippen LogP) is 4.47. The Morgan fingerprint density at radius 1 is 1.21 bits per heavy atom. The molecule has 0 radical (unpaired) electrons. The molecule has 0 atom stereocenters. The number of hydrogen-bond acceptors (Lipinski definition) is 4. The maximum Gasteiger partial charge on any atom is 0.236 e. The summed E-state index contributed by atoms with van der Waals surface area (Å²) in [5.41, 5.74) is 1.87. The van der Waals surface area contributed by atoms with Gasteiger partial charge in [-0.1, -0.05) is 41.4 Å². The van der Waals surface area contributed by atoms with E-state index in [2.05, 4.69) is 16.5 Å². The van der Waals surface area contributed by atoms with Crippen LogP contribution >= 0.6 is 23.2 Å². The standard InChI is InChI=1S/C20H25Cl2N3O2S/c1-17(15-19(22)16-23-2)5-3-4-14-28(26,27)25-12-10-24(11-13-25)20-8-6-18(21)7-9-20/h4,6-9,14-16H,1,3,5,10-13H2,2H3/b14-4+,19-15+,23-16?. The van der Waals surface area contributed by atoms with Crippen LogP contribution in [-0.2, 0) is 10.0 Å². The molecule has 0 spiro atoms. The van der Waals surface area contributed by atoms with E-state index in [9.17, 15) is 8.42 Å². The summed E-state index contributed by atoms with van der Waals surface area (Å²) in [6.07, 6.45) is 6.14. The first-order chi connectivity index (χ1) is 13.3. The highest BCUT2D eigenvalue weighted by molar-refractivity contribution is 7.92. The summed E-state index contributed by atoms with van der Waals surface area (Å²) in [6, 6.07) is 7.58. The van der Waals surface area contributed by atoms with E-state index in [0.717, 1.165) is 11.3 Å². The third kappa shape index (κ3) is 7.09. The van der Waals surface area contributed by atoms with Crippen molar-refractivity contribution in [3.63, 3.8) is 0 Å². The zero-order valence-electron chi connectivity index (χ0n) is 15.9. The molecule has 28 heavy (non-hydrogen) atoms. The van der Waals surface area contributed by atoms with Crippen LogP contribution in [0.25, 0.3) is 0 Å². The van der Waals surface area contributed by atoms with Gasteiger partial charge in [0.25, 0.3) is 0 Å². The van der Waals surface area contributed by atoms with Crippen molar-refractivity contribution in [2.45, 2.75) is 12.8 Å². The van der Waals surface area contributed by atoms with Crippen molar-refractivity contribution in [2.24, 2.45) is 4.99 Å². The first kappa shape index (κ1) is 22.7. The minimum Gasteiger partial charge on any atom is -0.369 e. The lowest BCUT2D eigenvalue weighted by molar-refractivity contribution is 0.390. The number of rotatable bonds is 8. The molecule has 152 valence electrons. The second-order valence-electron chi connectivity index (χ2n) is 6.39. The minimum atomic E-state index is -3.41. The van der Waals surface area contributed by atoms with Crippen LogP contribution in [0.1, 0.15) is 12.8 Å². The Kier molecular flexibility index (Phi) is 8.76. The van der Waals surface area contributed by atoms with E-state index in [1.165, 1.54) is 15.9 Å². The quantitative estimate of drug-likeness (QED) is 0.441. The van der Waals surface area contributed by atoms with Gasteiger partial charge in [-0.3, -0.25) is 4.99 Å². The Morgan fingerprint density at radius 3 is 2.46 bits per heavy atom. The first-order valence-corrected chi connectivity index (χ1v) is 11.2. The van der Waals surface area contributed by atoms with Crippen molar-refractivity contribution in [1.82, 2.24) is 4.31 Å². The Morgan fingerprint density at radius 2 is 1.86 bits per heavy atom. The molecule has 0 bridgehead atoms. The molecule has 0 saturated carbocycles. The van der Waals surface area contributed by atoms with Gasteiger partial charge >= 0.3 is 0 Å². The SMILES string of the molecule is C=C(/C=C(/Cl)C=NC)CC/C=C/S(=O)(=O)N1CCN(c2ccc(Cl)cc2)CC1. The van der Waals surface area contributed by atoms with E-state index < -0.39 is 10.0 Å². The summed E-state index contributed by atoms with van der Waals surface area (Å²) in [5.74, 6) is 0. The van der Waals surface area contributed by atoms with Gasteiger partial charge in [0.2, 0.25) is 10.0 Å². The molecule has 1 aliphatic heterocycles. The molecular formula is C20H25Cl2N3O2S. The van der Waals surface area contributed by atoms with Crippen molar-refractivity contribution in [3.8, 4) is 0 Å². The van der Waals surface area contributed by atoms with E-state index in [0.29, 0.717) is 49.1 Å². The second-order valence-corrected chi connectivity index (χ2v) is 9.08. The lowest BCUT2D eigenvalue weighted by Crippen LogP contribution is -2.48. The second kappa shape index (κ2) is 10.8. The van der Waals surface area contributed by atoms with Crippen LogP contribution in [0.4, 0.5) is 5.69 Å². The van der Waals surface area contributed by atoms with Gasteiger partial charge < -0.3 is 4.90 Å². The molecule has 0 aliphatic carbocycles.